The first kappa shape index (κ1) is 11.2. The van der Waals surface area contributed by atoms with Crippen LogP contribution in [0.5, 0.6) is 0 Å². The van der Waals surface area contributed by atoms with E-state index >= 15 is 0 Å². The molecule has 3 rings (SSSR count). The summed E-state index contributed by atoms with van der Waals surface area (Å²) in [5.74, 6) is -0.381. The van der Waals surface area contributed by atoms with E-state index in [-0.39, 0.29) is 11.4 Å². The molecule has 0 aliphatic carbocycles. The Kier molecular flexibility index (Phi) is 2.52. The summed E-state index contributed by atoms with van der Waals surface area (Å²) in [5, 5.41) is 0.431. The normalized spacial score (nSPS) is 11.0. The maximum atomic E-state index is 13.1. The van der Waals surface area contributed by atoms with Crippen LogP contribution in [-0.4, -0.2) is 3.96 Å². The van der Waals surface area contributed by atoms with Gasteiger partial charge in [0.15, 0.2) is 0 Å². The number of aromatic nitrogens is 1. The van der Waals surface area contributed by atoms with Crippen molar-refractivity contribution < 1.29 is 4.39 Å². The predicted octanol–water partition coefficient (Wildman–Crippen LogP) is 3.50. The fourth-order valence-corrected chi connectivity index (χ4v) is 2.83. The molecule has 4 heteroatoms. The molecule has 3 aromatic rings. The summed E-state index contributed by atoms with van der Waals surface area (Å²) < 4.78 is 15.5. The summed E-state index contributed by atoms with van der Waals surface area (Å²) in [6.07, 6.45) is 0. The van der Waals surface area contributed by atoms with Crippen LogP contribution in [0.3, 0.4) is 0 Å². The molecule has 0 fully saturated rings. The van der Waals surface area contributed by atoms with E-state index in [1.807, 2.05) is 31.2 Å². The molecular weight excluding hydrogens is 249 g/mol. The van der Waals surface area contributed by atoms with Crippen LogP contribution < -0.4 is 5.56 Å². The molecule has 0 amide bonds. The lowest BCUT2D eigenvalue weighted by molar-refractivity contribution is 0.629. The predicted molar refractivity (Wildman–Crippen MR) is 72.1 cm³/mol. The van der Waals surface area contributed by atoms with Crippen LogP contribution in [0.4, 0.5) is 4.39 Å². The maximum Gasteiger partial charge on any atom is 0.273 e. The molecule has 2 nitrogen and oxygen atoms in total. The quantitative estimate of drug-likeness (QED) is 0.655. The molecule has 90 valence electrons. The first-order chi connectivity index (χ1) is 8.65. The highest BCUT2D eigenvalue weighted by molar-refractivity contribution is 7.14. The van der Waals surface area contributed by atoms with Gasteiger partial charge in [0.1, 0.15) is 5.82 Å². The van der Waals surface area contributed by atoms with E-state index in [1.54, 1.807) is 10.0 Å². The van der Waals surface area contributed by atoms with Crippen molar-refractivity contribution in [1.82, 2.24) is 3.96 Å². The first-order valence-electron chi connectivity index (χ1n) is 5.54. The molecule has 18 heavy (non-hydrogen) atoms. The second-order valence-electron chi connectivity index (χ2n) is 4.17. The minimum absolute atomic E-state index is 0.168. The van der Waals surface area contributed by atoms with Crippen LogP contribution in [0.25, 0.3) is 15.8 Å². The Hall–Kier alpha value is -1.94. The smallest absolute Gasteiger partial charge is 0.267 e. The van der Waals surface area contributed by atoms with Gasteiger partial charge in [0.05, 0.1) is 15.8 Å². The van der Waals surface area contributed by atoms with Gasteiger partial charge in [-0.15, -0.1) is 0 Å². The fraction of sp³-hybridized carbons (Fsp3) is 0.0714. The third-order valence-corrected chi connectivity index (χ3v) is 3.93. The Labute approximate surface area is 107 Å². The van der Waals surface area contributed by atoms with E-state index in [9.17, 15) is 9.18 Å². The molecule has 0 aliphatic heterocycles. The van der Waals surface area contributed by atoms with Crippen molar-refractivity contribution in [2.45, 2.75) is 6.92 Å². The highest BCUT2D eigenvalue weighted by atomic mass is 32.1. The van der Waals surface area contributed by atoms with Crippen molar-refractivity contribution >= 4 is 21.6 Å². The van der Waals surface area contributed by atoms with Gasteiger partial charge in [-0.3, -0.25) is 4.79 Å². The van der Waals surface area contributed by atoms with Gasteiger partial charge in [-0.1, -0.05) is 29.2 Å². The number of fused-ring (bicyclic) bond motifs is 1. The molecule has 0 bridgehead atoms. The van der Waals surface area contributed by atoms with Gasteiger partial charge >= 0.3 is 0 Å². The third kappa shape index (κ3) is 1.75. The summed E-state index contributed by atoms with van der Waals surface area (Å²) in [7, 11) is 0. The van der Waals surface area contributed by atoms with Crippen LogP contribution in [0.1, 0.15) is 5.56 Å². The molecule has 0 N–H and O–H groups in total. The summed E-state index contributed by atoms with van der Waals surface area (Å²) >= 11 is 1.33. The summed E-state index contributed by atoms with van der Waals surface area (Å²) in [6.45, 7) is 1.99. The monoisotopic (exact) mass is 259 g/mol. The Bertz CT molecular complexity index is 771. The number of halogens is 1. The largest absolute Gasteiger partial charge is 0.273 e. The van der Waals surface area contributed by atoms with E-state index in [4.69, 9.17) is 0 Å². The zero-order chi connectivity index (χ0) is 12.7. The van der Waals surface area contributed by atoms with Crippen molar-refractivity contribution in [2.24, 2.45) is 0 Å². The average Bonchev–Trinajstić information content (AvgIpc) is 2.68. The Morgan fingerprint density at radius 3 is 2.56 bits per heavy atom. The standard InChI is InChI=1S/C14H10FNOS/c1-9-2-5-11(6-3-9)16-14(17)12-8-10(15)4-7-13(12)18-16/h2-8H,1H3. The number of nitrogens with zero attached hydrogens (tertiary/aromatic N) is 1. The van der Waals surface area contributed by atoms with Gasteiger partial charge in [-0.05, 0) is 37.3 Å². The Morgan fingerprint density at radius 1 is 1.11 bits per heavy atom. The SMILES string of the molecule is Cc1ccc(-n2sc3ccc(F)cc3c2=O)cc1. The maximum absolute atomic E-state index is 13.1. The minimum Gasteiger partial charge on any atom is -0.267 e. The molecule has 1 aromatic heterocycles. The molecule has 0 spiro atoms. The van der Waals surface area contributed by atoms with Crippen LogP contribution in [0.15, 0.2) is 47.3 Å². The lowest BCUT2D eigenvalue weighted by Crippen LogP contribution is -2.10. The molecule has 0 saturated heterocycles. The Balaban J connectivity index is 2.27. The third-order valence-electron chi connectivity index (χ3n) is 2.81. The number of rotatable bonds is 1. The number of aryl methyl sites for hydroxylation is 1. The van der Waals surface area contributed by atoms with Crippen molar-refractivity contribution in [3.8, 4) is 5.69 Å². The van der Waals surface area contributed by atoms with Crippen molar-refractivity contribution in [2.75, 3.05) is 0 Å². The van der Waals surface area contributed by atoms with Crippen LogP contribution in [0.2, 0.25) is 0 Å². The highest BCUT2D eigenvalue weighted by Gasteiger charge is 2.09. The molecular formula is C14H10FNOS. The lowest BCUT2D eigenvalue weighted by Gasteiger charge is -1.99. The Morgan fingerprint density at radius 2 is 1.83 bits per heavy atom. The van der Waals surface area contributed by atoms with Crippen LogP contribution >= 0.6 is 11.5 Å². The topological polar surface area (TPSA) is 22.0 Å². The average molecular weight is 259 g/mol. The van der Waals surface area contributed by atoms with Gasteiger partial charge in [-0.25, -0.2) is 8.35 Å². The lowest BCUT2D eigenvalue weighted by atomic mass is 10.2. The number of hydrogen-bond donors (Lipinski definition) is 0. The van der Waals surface area contributed by atoms with E-state index in [0.29, 0.717) is 5.39 Å². The summed E-state index contributed by atoms with van der Waals surface area (Å²) in [4.78, 5) is 12.2. The molecule has 0 atom stereocenters. The number of hydrogen-bond acceptors (Lipinski definition) is 2. The van der Waals surface area contributed by atoms with Gasteiger partial charge < -0.3 is 0 Å². The molecule has 0 radical (unpaired) electrons. The summed E-state index contributed by atoms with van der Waals surface area (Å²) in [5.41, 5.74) is 1.78. The molecule has 0 saturated carbocycles. The van der Waals surface area contributed by atoms with Gasteiger partial charge in [0, 0.05) is 0 Å². The molecule has 1 heterocycles. The van der Waals surface area contributed by atoms with Crippen LogP contribution in [0, 0.1) is 12.7 Å². The van der Waals surface area contributed by atoms with E-state index in [0.717, 1.165) is 16.0 Å². The van der Waals surface area contributed by atoms with Crippen LogP contribution in [-0.2, 0) is 0 Å². The van der Waals surface area contributed by atoms with E-state index < -0.39 is 0 Å². The molecule has 0 aliphatic rings. The van der Waals surface area contributed by atoms with Gasteiger partial charge in [0.2, 0.25) is 0 Å². The van der Waals surface area contributed by atoms with E-state index in [1.165, 1.54) is 23.7 Å². The fourth-order valence-electron chi connectivity index (χ4n) is 1.85. The van der Waals surface area contributed by atoms with Crippen molar-refractivity contribution in [1.29, 1.82) is 0 Å². The van der Waals surface area contributed by atoms with Crippen molar-refractivity contribution in [3.63, 3.8) is 0 Å². The summed E-state index contributed by atoms with van der Waals surface area (Å²) in [6, 6.07) is 12.0. The highest BCUT2D eigenvalue weighted by Crippen LogP contribution is 2.21. The molecule has 0 unspecified atom stereocenters. The second-order valence-corrected chi connectivity index (χ2v) is 5.15. The first-order valence-corrected chi connectivity index (χ1v) is 6.31. The van der Waals surface area contributed by atoms with Gasteiger partial charge in [-0.2, -0.15) is 0 Å². The second kappa shape index (κ2) is 4.07. The van der Waals surface area contributed by atoms with Crippen molar-refractivity contribution in [3.05, 3.63) is 64.2 Å². The minimum atomic E-state index is -0.381. The zero-order valence-electron chi connectivity index (χ0n) is 9.68. The zero-order valence-corrected chi connectivity index (χ0v) is 10.5. The van der Waals surface area contributed by atoms with Gasteiger partial charge in [0.25, 0.3) is 5.56 Å². The van der Waals surface area contributed by atoms with E-state index in [2.05, 4.69) is 0 Å². The number of benzene rings is 2. The molecule has 2 aromatic carbocycles.